The van der Waals surface area contributed by atoms with Crippen molar-refractivity contribution in [2.45, 2.75) is 13.0 Å². The van der Waals surface area contributed by atoms with E-state index in [1.165, 1.54) is 0 Å². The Labute approximate surface area is 164 Å². The van der Waals surface area contributed by atoms with Crippen LogP contribution in [-0.4, -0.2) is 13.0 Å². The molecule has 2 N–H and O–H groups in total. The second-order valence-corrected chi connectivity index (χ2v) is 6.60. The maximum absolute atomic E-state index is 13.0. The Morgan fingerprint density at radius 2 is 1.74 bits per heavy atom. The molecule has 138 valence electrons. The molecule has 0 spiro atoms. The van der Waals surface area contributed by atoms with Gasteiger partial charge >= 0.3 is 0 Å². The summed E-state index contributed by atoms with van der Waals surface area (Å²) in [7, 11) is 1.55. The van der Waals surface area contributed by atoms with E-state index in [1.807, 2.05) is 61.5 Å². The molecule has 0 fully saturated rings. The fourth-order valence-electron chi connectivity index (χ4n) is 2.81. The molecule has 0 saturated carbocycles. The van der Waals surface area contributed by atoms with Crippen molar-refractivity contribution < 1.29 is 9.53 Å². The normalized spacial score (nSPS) is 11.5. The Hall–Kier alpha value is -2.98. The molecule has 0 bridgehead atoms. The Kier molecular flexibility index (Phi) is 5.99. The van der Waals surface area contributed by atoms with Crippen molar-refractivity contribution in [2.75, 3.05) is 17.7 Å². The third-order valence-electron chi connectivity index (χ3n) is 4.14. The monoisotopic (exact) mass is 380 g/mol. The number of hydrogen-bond donors (Lipinski definition) is 2. The molecule has 3 rings (SSSR count). The highest BCUT2D eigenvalue weighted by Crippen LogP contribution is 2.28. The van der Waals surface area contributed by atoms with E-state index in [9.17, 15) is 4.79 Å². The van der Waals surface area contributed by atoms with Crippen LogP contribution in [0.15, 0.2) is 72.8 Å². The van der Waals surface area contributed by atoms with Gasteiger partial charge in [0.1, 0.15) is 11.8 Å². The second kappa shape index (κ2) is 8.60. The van der Waals surface area contributed by atoms with Crippen LogP contribution >= 0.6 is 11.6 Å². The Morgan fingerprint density at radius 3 is 2.41 bits per heavy atom. The van der Waals surface area contributed by atoms with Crippen LogP contribution in [0.3, 0.4) is 0 Å². The van der Waals surface area contributed by atoms with Crippen molar-refractivity contribution in [2.24, 2.45) is 0 Å². The number of halogens is 1. The number of methoxy groups -OCH3 is 1. The largest absolute Gasteiger partial charge is 0.495 e. The van der Waals surface area contributed by atoms with Crippen molar-refractivity contribution in [1.82, 2.24) is 0 Å². The molecule has 0 aliphatic heterocycles. The van der Waals surface area contributed by atoms with Crippen molar-refractivity contribution in [1.29, 1.82) is 0 Å². The SMILES string of the molecule is COc1ccc(NC(=O)C(Nc2cccc(C)c2)c2ccccc2)cc1Cl. The van der Waals surface area contributed by atoms with E-state index in [-0.39, 0.29) is 5.91 Å². The van der Waals surface area contributed by atoms with Crippen molar-refractivity contribution in [3.63, 3.8) is 0 Å². The molecule has 3 aromatic rings. The zero-order valence-corrected chi connectivity index (χ0v) is 16.0. The lowest BCUT2D eigenvalue weighted by Crippen LogP contribution is -2.27. The maximum atomic E-state index is 13.0. The van der Waals surface area contributed by atoms with Crippen molar-refractivity contribution in [3.8, 4) is 5.75 Å². The first-order valence-electron chi connectivity index (χ1n) is 8.59. The summed E-state index contributed by atoms with van der Waals surface area (Å²) in [5.74, 6) is 0.385. The smallest absolute Gasteiger partial charge is 0.251 e. The minimum atomic E-state index is -0.547. The van der Waals surface area contributed by atoms with E-state index in [1.54, 1.807) is 25.3 Å². The molecule has 0 radical (unpaired) electrons. The molecule has 5 heteroatoms. The first-order chi connectivity index (χ1) is 13.1. The van der Waals surface area contributed by atoms with Gasteiger partial charge in [0.15, 0.2) is 0 Å². The molecular weight excluding hydrogens is 360 g/mol. The lowest BCUT2D eigenvalue weighted by molar-refractivity contribution is -0.117. The summed E-state index contributed by atoms with van der Waals surface area (Å²) in [6.45, 7) is 2.02. The predicted octanol–water partition coefficient (Wildman–Crippen LogP) is 5.45. The lowest BCUT2D eigenvalue weighted by Gasteiger charge is -2.20. The summed E-state index contributed by atoms with van der Waals surface area (Å²) in [5.41, 5.74) is 3.48. The predicted molar refractivity (Wildman–Crippen MR) is 111 cm³/mol. The van der Waals surface area contributed by atoms with Crippen LogP contribution < -0.4 is 15.4 Å². The van der Waals surface area contributed by atoms with Crippen molar-refractivity contribution >= 4 is 28.9 Å². The third kappa shape index (κ3) is 4.80. The molecule has 1 atom stereocenters. The average molecular weight is 381 g/mol. The number of amides is 1. The molecule has 0 heterocycles. The number of rotatable bonds is 6. The number of carbonyl (C=O) groups excluding carboxylic acids is 1. The summed E-state index contributed by atoms with van der Waals surface area (Å²) in [6, 6.07) is 22.1. The minimum Gasteiger partial charge on any atom is -0.495 e. The van der Waals surface area contributed by atoms with Crippen LogP contribution in [0.5, 0.6) is 5.75 Å². The summed E-state index contributed by atoms with van der Waals surface area (Å²) >= 11 is 6.16. The fraction of sp³-hybridized carbons (Fsp3) is 0.136. The highest BCUT2D eigenvalue weighted by Gasteiger charge is 2.21. The number of hydrogen-bond acceptors (Lipinski definition) is 3. The summed E-state index contributed by atoms with van der Waals surface area (Å²) in [6.07, 6.45) is 0. The highest BCUT2D eigenvalue weighted by atomic mass is 35.5. The number of aryl methyl sites for hydroxylation is 1. The first-order valence-corrected chi connectivity index (χ1v) is 8.97. The molecular formula is C22H21ClN2O2. The Bertz CT molecular complexity index is 929. The highest BCUT2D eigenvalue weighted by molar-refractivity contribution is 6.32. The van der Waals surface area contributed by atoms with Crippen LogP contribution in [-0.2, 0) is 4.79 Å². The van der Waals surface area contributed by atoms with Gasteiger partial charge in [-0.2, -0.15) is 0 Å². The van der Waals surface area contributed by atoms with Gasteiger partial charge in [0.2, 0.25) is 0 Å². The molecule has 0 saturated heterocycles. The standard InChI is InChI=1S/C22H21ClN2O2/c1-15-7-6-10-17(13-15)24-21(16-8-4-3-5-9-16)22(26)25-18-11-12-20(27-2)19(23)14-18/h3-14,21,24H,1-2H3,(H,25,26). The Balaban J connectivity index is 1.85. The number of ether oxygens (including phenoxy) is 1. The van der Waals surface area contributed by atoms with Gasteiger partial charge in [-0.15, -0.1) is 0 Å². The molecule has 0 aliphatic carbocycles. The number of nitrogens with one attached hydrogen (secondary N) is 2. The first kappa shape index (κ1) is 18.8. The summed E-state index contributed by atoms with van der Waals surface area (Å²) < 4.78 is 5.15. The van der Waals surface area contributed by atoms with Crippen LogP contribution in [0.25, 0.3) is 0 Å². The molecule has 27 heavy (non-hydrogen) atoms. The topological polar surface area (TPSA) is 50.4 Å². The molecule has 4 nitrogen and oxygen atoms in total. The van der Waals surface area contributed by atoms with Gasteiger partial charge < -0.3 is 15.4 Å². The zero-order valence-electron chi connectivity index (χ0n) is 15.2. The molecule has 0 aliphatic rings. The third-order valence-corrected chi connectivity index (χ3v) is 4.44. The van der Waals surface area contributed by atoms with Crippen LogP contribution in [0.1, 0.15) is 17.2 Å². The zero-order chi connectivity index (χ0) is 19.2. The van der Waals surface area contributed by atoms with E-state index in [0.29, 0.717) is 16.5 Å². The number of anilines is 2. The van der Waals surface area contributed by atoms with E-state index in [0.717, 1.165) is 16.8 Å². The van der Waals surface area contributed by atoms with E-state index < -0.39 is 6.04 Å². The molecule has 3 aromatic carbocycles. The van der Waals surface area contributed by atoms with Gasteiger partial charge in [0, 0.05) is 11.4 Å². The van der Waals surface area contributed by atoms with Crippen molar-refractivity contribution in [3.05, 3.63) is 88.9 Å². The van der Waals surface area contributed by atoms with Gasteiger partial charge in [-0.1, -0.05) is 54.1 Å². The average Bonchev–Trinajstić information content (AvgIpc) is 2.67. The van der Waals surface area contributed by atoms with E-state index >= 15 is 0 Å². The maximum Gasteiger partial charge on any atom is 0.251 e. The molecule has 0 aromatic heterocycles. The van der Waals surface area contributed by atoms with Gasteiger partial charge in [-0.25, -0.2) is 0 Å². The Morgan fingerprint density at radius 1 is 0.963 bits per heavy atom. The van der Waals surface area contributed by atoms with Gasteiger partial charge in [0.25, 0.3) is 5.91 Å². The van der Waals surface area contributed by atoms with Crippen LogP contribution in [0.2, 0.25) is 5.02 Å². The fourth-order valence-corrected chi connectivity index (χ4v) is 3.06. The van der Waals surface area contributed by atoms with Gasteiger partial charge in [-0.3, -0.25) is 4.79 Å². The quantitative estimate of drug-likeness (QED) is 0.597. The molecule has 1 amide bonds. The van der Waals surface area contributed by atoms with Crippen LogP contribution in [0, 0.1) is 6.92 Å². The summed E-state index contributed by atoms with van der Waals surface area (Å²) in [5, 5.41) is 6.69. The van der Waals surface area contributed by atoms with Crippen LogP contribution in [0.4, 0.5) is 11.4 Å². The van der Waals surface area contributed by atoms with Gasteiger partial charge in [0.05, 0.1) is 12.1 Å². The minimum absolute atomic E-state index is 0.177. The van der Waals surface area contributed by atoms with E-state index in [4.69, 9.17) is 16.3 Å². The number of benzene rings is 3. The second-order valence-electron chi connectivity index (χ2n) is 6.20. The van der Waals surface area contributed by atoms with E-state index in [2.05, 4.69) is 10.6 Å². The lowest BCUT2D eigenvalue weighted by atomic mass is 10.1. The number of carbonyl (C=O) groups is 1. The summed E-state index contributed by atoms with van der Waals surface area (Å²) in [4.78, 5) is 13.0. The molecule has 1 unspecified atom stereocenters. The van der Waals surface area contributed by atoms with Gasteiger partial charge in [-0.05, 0) is 48.4 Å².